The van der Waals surface area contributed by atoms with Gasteiger partial charge in [0.05, 0.1) is 4.99 Å². The Bertz CT molecular complexity index is 169. The van der Waals surface area contributed by atoms with Crippen LogP contribution in [0.5, 0.6) is 0 Å². The van der Waals surface area contributed by atoms with Crippen molar-refractivity contribution in [2.45, 2.75) is 52.0 Å². The predicted octanol–water partition coefficient (Wildman–Crippen LogP) is 2.99. The van der Waals surface area contributed by atoms with Crippen molar-refractivity contribution in [3.63, 3.8) is 0 Å². The molecule has 1 heterocycles. The lowest BCUT2D eigenvalue weighted by molar-refractivity contribution is 0.240. The molecule has 0 atom stereocenters. The van der Waals surface area contributed by atoms with Gasteiger partial charge in [-0.1, -0.05) is 18.6 Å². The Morgan fingerprint density at radius 1 is 1.17 bits per heavy atom. The first kappa shape index (κ1) is 9.97. The smallest absolute Gasteiger partial charge is 0.0783 e. The second-order valence-electron chi connectivity index (χ2n) is 4.53. The summed E-state index contributed by atoms with van der Waals surface area (Å²) < 4.78 is 0. The Hall–Kier alpha value is -0.110. The zero-order chi connectivity index (χ0) is 9.19. The maximum Gasteiger partial charge on any atom is 0.0783 e. The second-order valence-corrected chi connectivity index (χ2v) is 5.00. The lowest BCUT2D eigenvalue weighted by atomic mass is 10.1. The molecule has 0 aromatic heterocycles. The molecule has 0 N–H and O–H groups in total. The number of thiocarbonyl (C=S) groups is 1. The maximum absolute atomic E-state index is 5.39. The van der Waals surface area contributed by atoms with Crippen LogP contribution in [0.3, 0.4) is 0 Å². The van der Waals surface area contributed by atoms with E-state index < -0.39 is 0 Å². The fraction of sp³-hybridized carbons (Fsp3) is 0.900. The minimum Gasteiger partial charge on any atom is -0.361 e. The Kier molecular flexibility index (Phi) is 3.10. The fourth-order valence-electron chi connectivity index (χ4n) is 1.69. The highest BCUT2D eigenvalue weighted by atomic mass is 32.1. The van der Waals surface area contributed by atoms with Crippen molar-refractivity contribution in [2.75, 3.05) is 6.54 Å². The number of hydrogen-bond donors (Lipinski definition) is 0. The van der Waals surface area contributed by atoms with E-state index in [9.17, 15) is 0 Å². The molecule has 1 nitrogen and oxygen atoms in total. The van der Waals surface area contributed by atoms with E-state index in [-0.39, 0.29) is 5.54 Å². The van der Waals surface area contributed by atoms with Gasteiger partial charge in [0, 0.05) is 12.1 Å². The maximum atomic E-state index is 5.39. The first-order valence-corrected chi connectivity index (χ1v) is 5.23. The first-order chi connectivity index (χ1) is 5.52. The highest BCUT2D eigenvalue weighted by Crippen LogP contribution is 2.21. The number of hydrogen-bond acceptors (Lipinski definition) is 1. The lowest BCUT2D eigenvalue weighted by Gasteiger charge is -2.36. The summed E-state index contributed by atoms with van der Waals surface area (Å²) in [6.07, 6.45) is 5.04. The van der Waals surface area contributed by atoms with Gasteiger partial charge in [-0.05, 0) is 40.0 Å². The van der Waals surface area contributed by atoms with Crippen LogP contribution in [0.15, 0.2) is 0 Å². The summed E-state index contributed by atoms with van der Waals surface area (Å²) in [5.74, 6) is 0. The van der Waals surface area contributed by atoms with Crippen molar-refractivity contribution < 1.29 is 0 Å². The van der Waals surface area contributed by atoms with E-state index in [2.05, 4.69) is 25.7 Å². The zero-order valence-corrected chi connectivity index (χ0v) is 9.21. The van der Waals surface area contributed by atoms with Crippen molar-refractivity contribution in [3.8, 4) is 0 Å². The van der Waals surface area contributed by atoms with Gasteiger partial charge in [-0.2, -0.15) is 0 Å². The van der Waals surface area contributed by atoms with E-state index >= 15 is 0 Å². The molecule has 1 rings (SSSR count). The molecule has 0 saturated carbocycles. The lowest BCUT2D eigenvalue weighted by Crippen LogP contribution is -2.44. The Morgan fingerprint density at radius 2 is 1.83 bits per heavy atom. The summed E-state index contributed by atoms with van der Waals surface area (Å²) in [7, 11) is 0. The van der Waals surface area contributed by atoms with Crippen LogP contribution >= 0.6 is 12.2 Å². The van der Waals surface area contributed by atoms with Crippen LogP contribution in [0.4, 0.5) is 0 Å². The molecule has 0 amide bonds. The van der Waals surface area contributed by atoms with Crippen LogP contribution in [0, 0.1) is 0 Å². The molecule has 70 valence electrons. The third-order valence-electron chi connectivity index (χ3n) is 2.38. The molecule has 0 radical (unpaired) electrons. The predicted molar refractivity (Wildman–Crippen MR) is 57.5 cm³/mol. The van der Waals surface area contributed by atoms with Crippen molar-refractivity contribution in [1.82, 2.24) is 4.90 Å². The van der Waals surface area contributed by atoms with E-state index in [1.165, 1.54) is 24.3 Å². The highest BCUT2D eigenvalue weighted by molar-refractivity contribution is 7.80. The van der Waals surface area contributed by atoms with Crippen LogP contribution in [-0.2, 0) is 0 Å². The topological polar surface area (TPSA) is 3.24 Å². The molecule has 0 aromatic rings. The molecular weight excluding hydrogens is 166 g/mol. The van der Waals surface area contributed by atoms with E-state index in [0.717, 1.165) is 13.0 Å². The third-order valence-corrected chi connectivity index (χ3v) is 2.81. The summed E-state index contributed by atoms with van der Waals surface area (Å²) >= 11 is 5.39. The molecule has 1 fully saturated rings. The molecule has 1 aliphatic rings. The van der Waals surface area contributed by atoms with Crippen molar-refractivity contribution >= 4 is 17.2 Å². The van der Waals surface area contributed by atoms with Crippen LogP contribution in [-0.4, -0.2) is 22.0 Å². The molecule has 2 heteroatoms. The number of likely N-dealkylation sites (tertiary alicyclic amines) is 1. The van der Waals surface area contributed by atoms with Crippen molar-refractivity contribution in [1.29, 1.82) is 0 Å². The molecule has 0 unspecified atom stereocenters. The highest BCUT2D eigenvalue weighted by Gasteiger charge is 2.24. The molecular formula is C10H19NS. The molecule has 0 aliphatic carbocycles. The van der Waals surface area contributed by atoms with Crippen LogP contribution in [0.25, 0.3) is 0 Å². The van der Waals surface area contributed by atoms with Gasteiger partial charge < -0.3 is 4.90 Å². The quantitative estimate of drug-likeness (QED) is 0.534. The molecule has 12 heavy (non-hydrogen) atoms. The van der Waals surface area contributed by atoms with Crippen LogP contribution < -0.4 is 0 Å². The van der Waals surface area contributed by atoms with Gasteiger partial charge in [0.15, 0.2) is 0 Å². The van der Waals surface area contributed by atoms with E-state index in [1.807, 2.05) is 0 Å². The van der Waals surface area contributed by atoms with Gasteiger partial charge in [-0.3, -0.25) is 0 Å². The van der Waals surface area contributed by atoms with E-state index in [0.29, 0.717) is 0 Å². The minimum absolute atomic E-state index is 0.224. The van der Waals surface area contributed by atoms with Crippen LogP contribution in [0.2, 0.25) is 0 Å². The third kappa shape index (κ3) is 2.44. The Morgan fingerprint density at radius 3 is 2.42 bits per heavy atom. The van der Waals surface area contributed by atoms with Gasteiger partial charge in [-0.15, -0.1) is 0 Å². The fourth-order valence-corrected chi connectivity index (χ4v) is 2.20. The summed E-state index contributed by atoms with van der Waals surface area (Å²) in [5, 5.41) is 0. The van der Waals surface area contributed by atoms with E-state index in [4.69, 9.17) is 12.2 Å². The summed E-state index contributed by atoms with van der Waals surface area (Å²) in [6, 6.07) is 0. The van der Waals surface area contributed by atoms with Gasteiger partial charge in [0.2, 0.25) is 0 Å². The molecule has 1 aliphatic heterocycles. The largest absolute Gasteiger partial charge is 0.361 e. The Balaban J connectivity index is 2.66. The Labute approximate surface area is 81.1 Å². The monoisotopic (exact) mass is 185 g/mol. The SMILES string of the molecule is CC(C)(C)N1CCCCCC1=S. The van der Waals surface area contributed by atoms with Crippen molar-refractivity contribution in [3.05, 3.63) is 0 Å². The van der Waals surface area contributed by atoms with Gasteiger partial charge in [0.25, 0.3) is 0 Å². The van der Waals surface area contributed by atoms with E-state index in [1.54, 1.807) is 0 Å². The van der Waals surface area contributed by atoms with Gasteiger partial charge in [0.1, 0.15) is 0 Å². The van der Waals surface area contributed by atoms with Gasteiger partial charge >= 0.3 is 0 Å². The second kappa shape index (κ2) is 3.73. The molecule has 0 aromatic carbocycles. The summed E-state index contributed by atoms with van der Waals surface area (Å²) in [4.78, 5) is 3.55. The zero-order valence-electron chi connectivity index (χ0n) is 8.39. The average Bonchev–Trinajstić information content (AvgIpc) is 2.11. The minimum atomic E-state index is 0.224. The summed E-state index contributed by atoms with van der Waals surface area (Å²) in [6.45, 7) is 7.88. The molecule has 1 saturated heterocycles. The van der Waals surface area contributed by atoms with Crippen LogP contribution in [0.1, 0.15) is 46.5 Å². The normalized spacial score (nSPS) is 20.9. The van der Waals surface area contributed by atoms with Crippen molar-refractivity contribution in [2.24, 2.45) is 0 Å². The first-order valence-electron chi connectivity index (χ1n) is 4.82. The molecule has 0 spiro atoms. The average molecular weight is 185 g/mol. The standard InChI is InChI=1S/C10H19NS/c1-10(2,3)11-8-6-4-5-7-9(11)12/h4-8H2,1-3H3. The number of nitrogens with zero attached hydrogens (tertiary/aromatic N) is 1. The summed E-state index contributed by atoms with van der Waals surface area (Å²) in [5.41, 5.74) is 0.224. The molecule has 0 bridgehead atoms. The van der Waals surface area contributed by atoms with Gasteiger partial charge in [-0.25, -0.2) is 0 Å². The number of rotatable bonds is 0.